The second kappa shape index (κ2) is 10.7. The number of nitrogens with one attached hydrogen (secondary N) is 3. The summed E-state index contributed by atoms with van der Waals surface area (Å²) < 4.78 is 1.66. The van der Waals surface area contributed by atoms with E-state index in [0.29, 0.717) is 12.1 Å². The molecule has 2 rings (SSSR count). The summed E-state index contributed by atoms with van der Waals surface area (Å²) in [4.78, 5) is 24.7. The average molecular weight is 394 g/mol. The molecule has 148 valence electrons. The van der Waals surface area contributed by atoms with E-state index in [4.69, 9.17) is 0 Å². The first-order valence-electron chi connectivity index (χ1n) is 8.78. The molecule has 1 aromatic carbocycles. The van der Waals surface area contributed by atoms with E-state index in [9.17, 15) is 9.59 Å². The Balaban J connectivity index is 0.00000364. The Bertz CT molecular complexity index is 762. The van der Waals surface area contributed by atoms with Crippen LogP contribution in [0.2, 0.25) is 0 Å². The number of aromatic nitrogens is 2. The molecule has 0 aliphatic heterocycles. The Morgan fingerprint density at radius 2 is 2.04 bits per heavy atom. The number of carbonyl (C=O) groups excluding carboxylic acids is 2. The third kappa shape index (κ3) is 6.37. The number of hydrogen-bond donors (Lipinski definition) is 3. The van der Waals surface area contributed by atoms with Crippen molar-refractivity contribution < 1.29 is 9.59 Å². The summed E-state index contributed by atoms with van der Waals surface area (Å²) in [7, 11) is 3.54. The minimum atomic E-state index is -0.472. The van der Waals surface area contributed by atoms with E-state index in [0.717, 1.165) is 17.5 Å². The smallest absolute Gasteiger partial charge is 0.251 e. The van der Waals surface area contributed by atoms with Crippen molar-refractivity contribution >= 4 is 24.2 Å². The summed E-state index contributed by atoms with van der Waals surface area (Å²) in [5, 5.41) is 12.9. The van der Waals surface area contributed by atoms with Crippen molar-refractivity contribution in [1.82, 2.24) is 25.7 Å². The minimum Gasteiger partial charge on any atom is -0.350 e. The van der Waals surface area contributed by atoms with E-state index < -0.39 is 6.04 Å². The Hall–Kier alpha value is -2.38. The zero-order valence-electron chi connectivity index (χ0n) is 16.2. The van der Waals surface area contributed by atoms with Gasteiger partial charge >= 0.3 is 0 Å². The van der Waals surface area contributed by atoms with E-state index in [1.165, 1.54) is 0 Å². The number of benzene rings is 1. The molecule has 0 spiro atoms. The number of nitrogens with zero attached hydrogens (tertiary/aromatic N) is 2. The minimum absolute atomic E-state index is 0. The van der Waals surface area contributed by atoms with Crippen LogP contribution < -0.4 is 16.0 Å². The third-order valence-electron chi connectivity index (χ3n) is 4.25. The second-order valence-electron chi connectivity index (χ2n) is 6.37. The third-order valence-corrected chi connectivity index (χ3v) is 4.25. The lowest BCUT2D eigenvalue weighted by molar-refractivity contribution is -0.123. The van der Waals surface area contributed by atoms with Gasteiger partial charge in [-0.05, 0) is 38.1 Å². The highest BCUT2D eigenvalue weighted by molar-refractivity contribution is 5.94. The van der Waals surface area contributed by atoms with Crippen LogP contribution in [0.15, 0.2) is 36.7 Å². The van der Waals surface area contributed by atoms with Crippen molar-refractivity contribution in [2.45, 2.75) is 38.9 Å². The van der Waals surface area contributed by atoms with Crippen molar-refractivity contribution in [2.24, 2.45) is 7.05 Å². The number of aryl methyl sites for hydroxylation is 1. The Morgan fingerprint density at radius 1 is 1.30 bits per heavy atom. The molecule has 1 heterocycles. The molecule has 0 aliphatic rings. The van der Waals surface area contributed by atoms with Gasteiger partial charge in [0.15, 0.2) is 0 Å². The van der Waals surface area contributed by atoms with Crippen LogP contribution >= 0.6 is 12.4 Å². The molecule has 0 bridgehead atoms. The zero-order chi connectivity index (χ0) is 19.1. The molecule has 0 saturated carbocycles. The van der Waals surface area contributed by atoms with Gasteiger partial charge in [-0.3, -0.25) is 14.3 Å². The Morgan fingerprint density at radius 3 is 2.63 bits per heavy atom. The summed E-state index contributed by atoms with van der Waals surface area (Å²) in [6, 6.07) is 6.94. The highest BCUT2D eigenvalue weighted by Gasteiger charge is 2.19. The van der Waals surface area contributed by atoms with Crippen LogP contribution in [-0.2, 0) is 18.4 Å². The highest BCUT2D eigenvalue weighted by atomic mass is 35.5. The highest BCUT2D eigenvalue weighted by Crippen LogP contribution is 2.12. The number of carbonyl (C=O) groups is 2. The molecule has 8 heteroatoms. The van der Waals surface area contributed by atoms with Crippen LogP contribution in [0.4, 0.5) is 0 Å². The van der Waals surface area contributed by atoms with Crippen LogP contribution in [0.3, 0.4) is 0 Å². The standard InChI is InChI=1S/C19H27N5O2.ClH/c1-5-13(2)23-18(25)15-8-6-7-14(9-15)10-21-19(26)17(20-3)16-11-22-24(4)12-16;/h6-9,11-13,17,20H,5,10H2,1-4H3,(H,21,26)(H,23,25);1H. The van der Waals surface area contributed by atoms with Gasteiger partial charge in [0.25, 0.3) is 5.91 Å². The van der Waals surface area contributed by atoms with Crippen molar-refractivity contribution in [2.75, 3.05) is 7.05 Å². The quantitative estimate of drug-likeness (QED) is 0.639. The van der Waals surface area contributed by atoms with Crippen molar-refractivity contribution in [3.05, 3.63) is 53.3 Å². The van der Waals surface area contributed by atoms with Gasteiger partial charge in [0.2, 0.25) is 5.91 Å². The van der Waals surface area contributed by atoms with Gasteiger partial charge in [-0.25, -0.2) is 0 Å². The molecule has 0 aliphatic carbocycles. The molecule has 2 amide bonds. The number of likely N-dealkylation sites (N-methyl/N-ethyl adjacent to an activating group) is 1. The van der Waals surface area contributed by atoms with Crippen molar-refractivity contribution in [1.29, 1.82) is 0 Å². The van der Waals surface area contributed by atoms with Gasteiger partial charge in [0.05, 0.1) is 6.20 Å². The first-order valence-corrected chi connectivity index (χ1v) is 8.78. The number of halogens is 1. The van der Waals surface area contributed by atoms with Gasteiger partial charge in [-0.1, -0.05) is 19.1 Å². The molecule has 2 atom stereocenters. The lowest BCUT2D eigenvalue weighted by atomic mass is 10.1. The largest absolute Gasteiger partial charge is 0.350 e. The molecule has 2 unspecified atom stereocenters. The molecular formula is C19H28ClN5O2. The van der Waals surface area contributed by atoms with Gasteiger partial charge in [0.1, 0.15) is 6.04 Å². The summed E-state index contributed by atoms with van der Waals surface area (Å²) in [5.41, 5.74) is 2.26. The van der Waals surface area contributed by atoms with Gasteiger partial charge < -0.3 is 16.0 Å². The summed E-state index contributed by atoms with van der Waals surface area (Å²) in [6.07, 6.45) is 4.35. The van der Waals surface area contributed by atoms with Gasteiger partial charge in [-0.2, -0.15) is 5.10 Å². The normalized spacial score (nSPS) is 12.6. The average Bonchev–Trinajstić information content (AvgIpc) is 3.06. The molecule has 1 aromatic heterocycles. The SMILES string of the molecule is CCC(C)NC(=O)c1cccc(CNC(=O)C(NC)c2cnn(C)c2)c1.Cl. The molecule has 3 N–H and O–H groups in total. The van der Waals surface area contributed by atoms with Crippen molar-refractivity contribution in [3.8, 4) is 0 Å². The zero-order valence-corrected chi connectivity index (χ0v) is 17.0. The predicted octanol–water partition coefficient (Wildman–Crippen LogP) is 1.95. The molecule has 2 aromatic rings. The van der Waals surface area contributed by atoms with Crippen LogP contribution in [0.1, 0.15) is 47.8 Å². The topological polar surface area (TPSA) is 88.1 Å². The Kier molecular flexibility index (Phi) is 8.97. The van der Waals surface area contributed by atoms with Crippen LogP contribution in [-0.4, -0.2) is 34.7 Å². The lowest BCUT2D eigenvalue weighted by Crippen LogP contribution is -2.35. The monoisotopic (exact) mass is 393 g/mol. The first kappa shape index (κ1) is 22.7. The maximum atomic E-state index is 12.5. The van der Waals surface area contributed by atoms with E-state index in [-0.39, 0.29) is 30.3 Å². The number of hydrogen-bond acceptors (Lipinski definition) is 4. The van der Waals surface area contributed by atoms with E-state index in [1.54, 1.807) is 36.3 Å². The lowest BCUT2D eigenvalue weighted by Gasteiger charge is -2.15. The molecule has 0 fully saturated rings. The number of amides is 2. The van der Waals surface area contributed by atoms with E-state index >= 15 is 0 Å². The van der Waals surface area contributed by atoms with Crippen molar-refractivity contribution in [3.63, 3.8) is 0 Å². The molecule has 7 nitrogen and oxygen atoms in total. The second-order valence-corrected chi connectivity index (χ2v) is 6.37. The number of rotatable bonds is 8. The van der Waals surface area contributed by atoms with Crippen LogP contribution in [0.25, 0.3) is 0 Å². The maximum Gasteiger partial charge on any atom is 0.251 e. The molecular weight excluding hydrogens is 366 g/mol. The fraction of sp³-hybridized carbons (Fsp3) is 0.421. The summed E-state index contributed by atoms with van der Waals surface area (Å²) in [5.74, 6) is -0.244. The molecule has 0 saturated heterocycles. The fourth-order valence-electron chi connectivity index (χ4n) is 2.56. The van der Waals surface area contributed by atoms with Crippen LogP contribution in [0.5, 0.6) is 0 Å². The van der Waals surface area contributed by atoms with E-state index in [1.807, 2.05) is 33.0 Å². The predicted molar refractivity (Wildman–Crippen MR) is 108 cm³/mol. The maximum absolute atomic E-state index is 12.5. The molecule has 27 heavy (non-hydrogen) atoms. The Labute approximate surface area is 166 Å². The van der Waals surface area contributed by atoms with Crippen LogP contribution in [0, 0.1) is 0 Å². The van der Waals surface area contributed by atoms with Gasteiger partial charge in [0, 0.05) is 37.0 Å². The fourth-order valence-corrected chi connectivity index (χ4v) is 2.56. The summed E-state index contributed by atoms with van der Waals surface area (Å²) >= 11 is 0. The molecule has 0 radical (unpaired) electrons. The first-order chi connectivity index (χ1) is 12.4. The van der Waals surface area contributed by atoms with E-state index in [2.05, 4.69) is 21.0 Å². The van der Waals surface area contributed by atoms with Gasteiger partial charge in [-0.15, -0.1) is 12.4 Å². The summed E-state index contributed by atoms with van der Waals surface area (Å²) in [6.45, 7) is 4.34.